The average Bonchev–Trinajstić information content (AvgIpc) is 1.56. The highest BCUT2D eigenvalue weighted by Crippen LogP contribution is 2.45. The van der Waals surface area contributed by atoms with Crippen molar-refractivity contribution in [2.45, 2.75) is 294 Å². The molecule has 0 spiro atoms. The molecule has 2 amide bonds. The van der Waals surface area contributed by atoms with Gasteiger partial charge in [0.25, 0.3) is 0 Å². The number of nitrogens with zero attached hydrogens (tertiary/aromatic N) is 10. The van der Waals surface area contributed by atoms with Crippen LogP contribution in [0.3, 0.4) is 0 Å². The van der Waals surface area contributed by atoms with Gasteiger partial charge in [0, 0.05) is 93.3 Å². The number of ether oxygens (including phenoxy) is 10. The summed E-state index contributed by atoms with van der Waals surface area (Å²) in [6.07, 6.45) is 1.08. The lowest BCUT2D eigenvalue weighted by Gasteiger charge is -2.47. The molecule has 6 aliphatic heterocycles. The summed E-state index contributed by atoms with van der Waals surface area (Å²) in [6.45, 7) is 36.1. The lowest BCUT2D eigenvalue weighted by Crippen LogP contribution is -2.61. The van der Waals surface area contributed by atoms with Crippen molar-refractivity contribution in [3.05, 3.63) is 46.2 Å². The number of cyclic esters (lactones) is 2. The van der Waals surface area contributed by atoms with E-state index in [4.69, 9.17) is 63.5 Å². The van der Waals surface area contributed by atoms with Crippen LogP contribution in [0.5, 0.6) is 0 Å². The SMILES string of the molecule is C=CC[C@@]1(OC)C[C@@H](C)CN[C@H](C)[C@H]2N(CCCCN=[N+]=[N-])C(=O)O[C@]2(C)[C@@H](CC)OC(=O)[C@H](C)C(=O)[C@H](C)[C@H]1O[C@@H]1OC(C)CC(N(C)C)C1O.C=CC[C@@]1(OC)C[C@@H](C)CN[C@H](C)[C@H]2N(CCCCN=[N+]=[N-])C(=O)O[C@]2(C)[C@@H](CC)OC(=O)[C@H](C)C(=O)[C@H](C)[C@H]1O[C@@H]1OC(C)CC(N(C)C)C1P=O.CO. The number of amides is 2. The highest BCUT2D eigenvalue weighted by atomic mass is 31.1. The van der Waals surface area contributed by atoms with Gasteiger partial charge in [0.1, 0.15) is 35.8 Å². The Morgan fingerprint density at radius 3 is 1.35 bits per heavy atom. The van der Waals surface area contributed by atoms with Crippen molar-refractivity contribution in [1.82, 2.24) is 30.2 Å². The molecule has 6 fully saturated rings. The highest BCUT2D eigenvalue weighted by Gasteiger charge is 2.61. The van der Waals surface area contributed by atoms with Crippen LogP contribution in [0.2, 0.25) is 0 Å². The molecule has 6 heterocycles. The van der Waals surface area contributed by atoms with E-state index in [0.717, 1.165) is 7.11 Å². The van der Waals surface area contributed by atoms with Crippen molar-refractivity contribution >= 4 is 44.2 Å². The maximum Gasteiger partial charge on any atom is 0.410 e. The highest BCUT2D eigenvalue weighted by molar-refractivity contribution is 7.25. The molecule has 6 unspecified atom stereocenters. The third-order valence-electron chi connectivity index (χ3n) is 22.8. The van der Waals surface area contributed by atoms with E-state index in [2.05, 4.69) is 57.7 Å². The molecule has 32 heteroatoms. The van der Waals surface area contributed by atoms with Crippen molar-refractivity contribution in [3.8, 4) is 0 Å². The number of hydrogen-bond donors (Lipinski definition) is 4. The Kier molecular flexibility index (Phi) is 38.1. The fourth-order valence-corrected chi connectivity index (χ4v) is 17.9. The summed E-state index contributed by atoms with van der Waals surface area (Å²) in [5, 5.41) is 33.0. The molecule has 107 heavy (non-hydrogen) atoms. The van der Waals surface area contributed by atoms with Crippen molar-refractivity contribution in [3.63, 3.8) is 0 Å². The summed E-state index contributed by atoms with van der Waals surface area (Å²) in [4.78, 5) is 96.7. The number of nitrogens with one attached hydrogen (secondary N) is 2. The molecule has 0 radical (unpaired) electrons. The Morgan fingerprint density at radius 2 is 1.00 bits per heavy atom. The molecule has 6 rings (SSSR count). The molecule has 0 aromatic rings. The molecular formula is C75H131N12O19P. The van der Waals surface area contributed by atoms with Crippen LogP contribution < -0.4 is 10.6 Å². The minimum absolute atomic E-state index is 0.0506. The van der Waals surface area contributed by atoms with Gasteiger partial charge in [-0.25, -0.2) is 9.59 Å². The topological polar surface area (TPSA) is 387 Å². The zero-order valence-corrected chi connectivity index (χ0v) is 68.6. The molecular weight excluding hydrogens is 1400 g/mol. The van der Waals surface area contributed by atoms with Crippen LogP contribution in [-0.2, 0) is 71.1 Å². The number of aliphatic hydroxyl groups excluding tert-OH is 2. The van der Waals surface area contributed by atoms with Gasteiger partial charge in [-0.05, 0) is 197 Å². The zero-order chi connectivity index (χ0) is 80.6. The number of carbonyl (C=O) groups excluding carboxylic acids is 6. The second-order valence-electron chi connectivity index (χ2n) is 31.1. The van der Waals surface area contributed by atoms with Crippen LogP contribution in [0.4, 0.5) is 9.59 Å². The zero-order valence-electron chi connectivity index (χ0n) is 67.8. The van der Waals surface area contributed by atoms with E-state index in [0.29, 0.717) is 116 Å². The molecule has 6 aliphatic rings. The predicted octanol–water partition coefficient (Wildman–Crippen LogP) is 10.1. The Morgan fingerprint density at radius 1 is 0.626 bits per heavy atom. The first-order chi connectivity index (χ1) is 50.6. The number of hydrogen-bond acceptors (Lipinski definition) is 25. The number of likely N-dealkylation sites (N-methyl/N-ethyl adjacent to an activating group) is 1. The molecule has 0 saturated carbocycles. The van der Waals surface area contributed by atoms with E-state index < -0.39 is 143 Å². The minimum Gasteiger partial charge on any atom is -0.458 e. The van der Waals surface area contributed by atoms with Crippen LogP contribution in [0, 0.1) is 35.5 Å². The van der Waals surface area contributed by atoms with Gasteiger partial charge in [0.05, 0.1) is 47.7 Å². The second-order valence-corrected chi connectivity index (χ2v) is 31.9. The average molecular weight is 1540 g/mol. The Labute approximate surface area is 637 Å². The van der Waals surface area contributed by atoms with Crippen LogP contribution in [-0.4, -0.2) is 274 Å². The molecule has 6 saturated heterocycles. The smallest absolute Gasteiger partial charge is 0.410 e. The van der Waals surface area contributed by atoms with Crippen LogP contribution in [0.1, 0.15) is 174 Å². The van der Waals surface area contributed by atoms with Gasteiger partial charge in [0.15, 0.2) is 43.8 Å². The molecule has 0 aromatic heterocycles. The molecule has 31 nitrogen and oxygen atoms in total. The largest absolute Gasteiger partial charge is 0.458 e. The standard InChI is InChI=1S/C37H63N6O9P.C37H64N6O9.CH4O/c1-12-16-37(48-11)20-22(3)21-39-26(7)31-36(8,52-35(46)43(31)18-15-14-17-40-41-38)28(13-2)50-33(45)25(6)29(44)24(5)32(37)51-34-30(53-47)27(42(9)10)19-23(4)49-34;1-12-16-37(48-11)20-22(3)21-39-26(7)31-36(8,52-35(47)43(31)18-15-14-17-40-41-38)28(13-2)50-33(46)25(6)29(44)24(5)32(37)51-34-30(45)27(42(9)10)19-23(4)49-34;1-2/h12,22-28,30-32,34,39H,1,13-21H2,2-11H3;12,22-28,30-32,34,39,45H,1,13-21H2,2-11H3;2H,1H3/t2*22-,23?,24+,25-,26-,27?,28-,30?,31-,32-,34+,36-,37-;/m11./s1. The number of esters is 2. The molecule has 0 aromatic carbocycles. The van der Waals surface area contributed by atoms with Crippen LogP contribution in [0.25, 0.3) is 20.9 Å². The van der Waals surface area contributed by atoms with Crippen LogP contribution in [0.15, 0.2) is 35.5 Å². The summed E-state index contributed by atoms with van der Waals surface area (Å²) in [7, 11) is 11.7. The van der Waals surface area contributed by atoms with E-state index >= 15 is 0 Å². The summed E-state index contributed by atoms with van der Waals surface area (Å²) in [6, 6.07) is -2.06. The number of fused-ring (bicyclic) bond motifs is 2. The summed E-state index contributed by atoms with van der Waals surface area (Å²) in [5.41, 5.74) is 12.1. The Bertz CT molecular complexity index is 3010. The monoisotopic (exact) mass is 1530 g/mol. The van der Waals surface area contributed by atoms with Gasteiger partial charge in [-0.15, -0.1) is 13.2 Å². The third-order valence-corrected chi connectivity index (χ3v) is 23.6. The van der Waals surface area contributed by atoms with Crippen molar-refractivity contribution < 1.29 is 90.9 Å². The first kappa shape index (κ1) is 93.9. The molecule has 26 atom stereocenters. The molecule has 4 N–H and O–H groups in total. The fraction of sp³-hybridized carbons (Fsp3) is 0.867. The normalized spacial score (nSPS) is 38.6. The van der Waals surface area contributed by atoms with E-state index in [9.17, 15) is 38.4 Å². The number of carbonyl (C=O) groups is 6. The first-order valence-corrected chi connectivity index (χ1v) is 39.1. The summed E-state index contributed by atoms with van der Waals surface area (Å²) >= 11 is 0. The Balaban J connectivity index is 0.000000442. The van der Waals surface area contributed by atoms with Gasteiger partial charge in [-0.2, -0.15) is 0 Å². The van der Waals surface area contributed by atoms with Crippen molar-refractivity contribution in [1.29, 1.82) is 0 Å². The number of aliphatic hydroxyl groups is 2. The molecule has 0 aliphatic carbocycles. The lowest BCUT2D eigenvalue weighted by atomic mass is 9.75. The number of rotatable bonds is 25. The van der Waals surface area contributed by atoms with E-state index in [-0.39, 0.29) is 56.7 Å². The third kappa shape index (κ3) is 22.9. The first-order valence-electron chi connectivity index (χ1n) is 38.2. The predicted molar refractivity (Wildman–Crippen MR) is 404 cm³/mol. The van der Waals surface area contributed by atoms with E-state index in [1.165, 1.54) is 13.8 Å². The minimum atomic E-state index is -1.24. The number of unbranched alkanes of at least 4 members (excludes halogenated alkanes) is 2. The number of azide groups is 2. The van der Waals surface area contributed by atoms with E-state index in [1.807, 2.05) is 79.5 Å². The van der Waals surface area contributed by atoms with Gasteiger partial charge in [-0.1, -0.05) is 63.9 Å². The van der Waals surface area contributed by atoms with Gasteiger partial charge >= 0.3 is 24.1 Å². The number of methoxy groups -OCH3 is 2. The van der Waals surface area contributed by atoms with Gasteiger partial charge in [0.2, 0.25) is 0 Å². The maximum absolute atomic E-state index is 14.5. The maximum atomic E-state index is 14.5. The van der Waals surface area contributed by atoms with Crippen molar-refractivity contribution in [2.24, 2.45) is 45.7 Å². The molecule has 0 bridgehead atoms. The summed E-state index contributed by atoms with van der Waals surface area (Å²) < 4.78 is 76.0. The van der Waals surface area contributed by atoms with Gasteiger partial charge in [-0.3, -0.25) is 33.5 Å². The second kappa shape index (κ2) is 43.4. The van der Waals surface area contributed by atoms with Crippen LogP contribution >= 0.6 is 8.46 Å². The quantitative estimate of drug-likeness (QED) is 0.00759. The summed E-state index contributed by atoms with van der Waals surface area (Å²) in [5.74, 6) is -6.60. The van der Waals surface area contributed by atoms with Gasteiger partial charge < -0.3 is 78.0 Å². The van der Waals surface area contributed by atoms with E-state index in [1.54, 1.807) is 63.9 Å². The Hall–Kier alpha value is -5.46. The number of Topliss-reactive ketones (excluding diaryl/α,β-unsaturated/α-hetero) is 2. The lowest BCUT2D eigenvalue weighted by molar-refractivity contribution is -0.297. The molecule has 610 valence electrons. The van der Waals surface area contributed by atoms with Crippen molar-refractivity contribution in [2.75, 3.05) is 88.8 Å². The fourth-order valence-electron chi connectivity index (χ4n) is 17.1. The number of ketones is 2.